The van der Waals surface area contributed by atoms with Gasteiger partial charge in [0, 0.05) is 30.4 Å². The van der Waals surface area contributed by atoms with Crippen LogP contribution in [-0.4, -0.2) is 57.1 Å². The van der Waals surface area contributed by atoms with Crippen LogP contribution in [0.4, 0.5) is 0 Å². The summed E-state index contributed by atoms with van der Waals surface area (Å²) in [6.45, 7) is 22.5. The Kier molecular flexibility index (Phi) is 11.8. The maximum atomic E-state index is 12.9. The summed E-state index contributed by atoms with van der Waals surface area (Å²) < 4.78 is 9.03. The molecule has 0 spiro atoms. The van der Waals surface area contributed by atoms with Crippen LogP contribution >= 0.6 is 11.6 Å². The highest BCUT2D eigenvalue weighted by Gasteiger charge is 2.43. The summed E-state index contributed by atoms with van der Waals surface area (Å²) in [5, 5.41) is -0.767. The molecule has 2 aliphatic rings. The van der Waals surface area contributed by atoms with Crippen molar-refractivity contribution in [2.24, 2.45) is 0 Å². The molecule has 0 atom stereocenters. The summed E-state index contributed by atoms with van der Waals surface area (Å²) in [6, 6.07) is 11.0. The maximum absolute atomic E-state index is 12.9. The average Bonchev–Trinajstić information content (AvgIpc) is 3.40. The predicted octanol–water partition coefficient (Wildman–Crippen LogP) is 8.36. The van der Waals surface area contributed by atoms with Gasteiger partial charge in [0.05, 0.1) is 25.3 Å². The van der Waals surface area contributed by atoms with Crippen LogP contribution in [0.25, 0.3) is 0 Å². The van der Waals surface area contributed by atoms with Gasteiger partial charge in [0.1, 0.15) is 0 Å². The molecule has 2 aliphatic carbocycles. The quantitative estimate of drug-likeness (QED) is 0.111. The van der Waals surface area contributed by atoms with E-state index in [-0.39, 0.29) is 39.4 Å². The lowest BCUT2D eigenvalue weighted by molar-refractivity contribution is 0.0590. The number of carbonyl (C=O) groups excluding carboxylic acids is 4. The van der Waals surface area contributed by atoms with Crippen molar-refractivity contribution in [1.29, 1.82) is 0 Å². The molecule has 4 aromatic rings. The van der Waals surface area contributed by atoms with Gasteiger partial charge in [-0.2, -0.15) is 0 Å². The van der Waals surface area contributed by atoms with Gasteiger partial charge in [0.15, 0.2) is 0 Å². The fourth-order valence-corrected chi connectivity index (χ4v) is 8.01. The molecule has 0 unspecified atom stereocenters. The van der Waals surface area contributed by atoms with Crippen LogP contribution < -0.4 is 0 Å². The smallest absolute Gasteiger partial charge is 0.341 e. The van der Waals surface area contributed by atoms with Gasteiger partial charge < -0.3 is 9.47 Å². The lowest BCUT2D eigenvalue weighted by atomic mass is 9.82. The van der Waals surface area contributed by atoms with Crippen molar-refractivity contribution in [3.8, 4) is 0 Å². The molecule has 0 bridgehead atoms. The predicted molar refractivity (Wildman–Crippen MR) is 204 cm³/mol. The van der Waals surface area contributed by atoms with Crippen LogP contribution in [0.15, 0.2) is 55.1 Å². The standard InChI is InChI=1S/C21H24N2O3.C14H20.C7H5ClN2O3/c1-12-7-15-16(21(4,5)11-20(15,2)3)8-14(12)17(24)18-22-9-13(10-23-18)19(25)26-6;1-10-6-7-11-12(8-10)14(4,5)9-13(11,2)3;1-13-7(12)4-2-9-6(5(8)11)10-3-4/h7-10H,11H2,1-6H3;6-8H,9H2,1-5H3;2-3H,1H3. The molecular weight excluding hydrogens is 692 g/mol. The van der Waals surface area contributed by atoms with E-state index in [2.05, 4.69) is 116 Å². The highest BCUT2D eigenvalue weighted by Crippen LogP contribution is 2.50. The zero-order chi connectivity index (χ0) is 39.7. The van der Waals surface area contributed by atoms with Crippen molar-refractivity contribution in [2.45, 2.75) is 104 Å². The van der Waals surface area contributed by atoms with Gasteiger partial charge in [-0.15, -0.1) is 0 Å². The summed E-state index contributed by atoms with van der Waals surface area (Å²) in [6.07, 6.45) is 7.29. The van der Waals surface area contributed by atoms with Crippen molar-refractivity contribution in [3.63, 3.8) is 0 Å². The second-order valence-electron chi connectivity index (χ2n) is 16.3. The lowest BCUT2D eigenvalue weighted by Crippen LogP contribution is -2.18. The Morgan fingerprint density at radius 2 is 0.981 bits per heavy atom. The van der Waals surface area contributed by atoms with Crippen molar-refractivity contribution < 1.29 is 28.7 Å². The van der Waals surface area contributed by atoms with Crippen molar-refractivity contribution >= 4 is 34.6 Å². The Bertz CT molecular complexity index is 2050. The monoisotopic (exact) mass is 740 g/mol. The second kappa shape index (κ2) is 15.3. The van der Waals surface area contributed by atoms with E-state index in [1.54, 1.807) is 11.1 Å². The molecule has 10 nitrogen and oxygen atoms in total. The largest absolute Gasteiger partial charge is 0.465 e. The van der Waals surface area contributed by atoms with E-state index < -0.39 is 17.2 Å². The molecule has 280 valence electrons. The summed E-state index contributed by atoms with van der Waals surface area (Å²) in [5.41, 5.74) is 9.73. The van der Waals surface area contributed by atoms with Crippen LogP contribution in [0.2, 0.25) is 0 Å². The van der Waals surface area contributed by atoms with E-state index in [1.165, 1.54) is 62.1 Å². The number of fused-ring (bicyclic) bond motifs is 2. The number of ether oxygens (including phenoxy) is 2. The number of esters is 2. The minimum atomic E-state index is -0.767. The summed E-state index contributed by atoms with van der Waals surface area (Å²) in [5.74, 6) is -1.39. The van der Waals surface area contributed by atoms with E-state index in [0.29, 0.717) is 16.4 Å². The van der Waals surface area contributed by atoms with Gasteiger partial charge in [-0.1, -0.05) is 85.2 Å². The Hall–Kier alpha value is -4.83. The Labute approximate surface area is 317 Å². The third kappa shape index (κ3) is 8.87. The van der Waals surface area contributed by atoms with Gasteiger partial charge in [-0.05, 0) is 93.8 Å². The number of aryl methyl sites for hydroxylation is 2. The van der Waals surface area contributed by atoms with Crippen molar-refractivity contribution in [1.82, 2.24) is 19.9 Å². The van der Waals surface area contributed by atoms with Gasteiger partial charge in [0.2, 0.25) is 17.4 Å². The molecule has 6 rings (SSSR count). The SMILES string of the molecule is COC(=O)c1cnc(C(=O)Cl)nc1.COC(=O)c1cnc(C(=O)c2cc3c(cc2C)C(C)(C)CC3(C)C)nc1.Cc1ccc2c(c1)C(C)(C)CC2(C)C. The van der Waals surface area contributed by atoms with E-state index in [1.807, 2.05) is 13.0 Å². The topological polar surface area (TPSA) is 138 Å². The van der Waals surface area contributed by atoms with Crippen LogP contribution in [0.5, 0.6) is 0 Å². The molecule has 0 fully saturated rings. The Balaban J connectivity index is 0.000000196. The number of hydrogen-bond acceptors (Lipinski definition) is 10. The van der Waals surface area contributed by atoms with Crippen molar-refractivity contribution in [3.05, 3.63) is 117 Å². The minimum absolute atomic E-state index is 0.0111. The molecule has 53 heavy (non-hydrogen) atoms. The molecule has 0 saturated heterocycles. The molecule has 0 N–H and O–H groups in total. The van der Waals surface area contributed by atoms with Gasteiger partial charge in [0.25, 0.3) is 5.24 Å². The fourth-order valence-electron chi connectivity index (χ4n) is 7.91. The van der Waals surface area contributed by atoms with Crippen LogP contribution in [-0.2, 0) is 31.1 Å². The molecule has 0 amide bonds. The summed E-state index contributed by atoms with van der Waals surface area (Å²) in [7, 11) is 2.53. The Morgan fingerprint density at radius 3 is 1.42 bits per heavy atom. The highest BCUT2D eigenvalue weighted by molar-refractivity contribution is 6.67. The lowest BCUT2D eigenvalue weighted by Gasteiger charge is -2.22. The normalized spacial score (nSPS) is 16.4. The molecule has 0 aliphatic heterocycles. The number of aromatic nitrogens is 4. The number of benzene rings is 2. The third-order valence-corrected chi connectivity index (χ3v) is 10.2. The zero-order valence-electron chi connectivity index (χ0n) is 32.7. The van der Waals surface area contributed by atoms with E-state index in [4.69, 9.17) is 11.6 Å². The molecule has 2 aromatic carbocycles. The third-order valence-electron chi connectivity index (χ3n) is 9.99. The number of halogens is 1. The minimum Gasteiger partial charge on any atom is -0.465 e. The number of carbonyl (C=O) groups is 4. The van der Waals surface area contributed by atoms with E-state index in [0.717, 1.165) is 12.0 Å². The second-order valence-corrected chi connectivity index (χ2v) is 16.7. The first-order valence-electron chi connectivity index (χ1n) is 17.4. The van der Waals surface area contributed by atoms with E-state index in [9.17, 15) is 19.2 Å². The average molecular weight is 741 g/mol. The Morgan fingerprint density at radius 1 is 0.585 bits per heavy atom. The number of hydrogen-bond donors (Lipinski definition) is 0. The van der Waals surface area contributed by atoms with Crippen LogP contribution in [0, 0.1) is 13.8 Å². The molecular formula is C42H49ClN4O6. The molecule has 2 heterocycles. The van der Waals surface area contributed by atoms with E-state index >= 15 is 0 Å². The van der Waals surface area contributed by atoms with Gasteiger partial charge >= 0.3 is 11.9 Å². The summed E-state index contributed by atoms with van der Waals surface area (Å²) >= 11 is 5.09. The van der Waals surface area contributed by atoms with Gasteiger partial charge in [-0.3, -0.25) is 9.59 Å². The fraction of sp³-hybridized carbons (Fsp3) is 0.429. The molecule has 11 heteroatoms. The first-order valence-corrected chi connectivity index (χ1v) is 17.7. The zero-order valence-corrected chi connectivity index (χ0v) is 33.5. The molecule has 0 radical (unpaired) electrons. The van der Waals surface area contributed by atoms with Gasteiger partial charge in [-0.25, -0.2) is 29.5 Å². The first kappa shape index (κ1) is 40.9. The molecule has 0 saturated carbocycles. The number of methoxy groups -OCH3 is 2. The number of ketones is 1. The maximum Gasteiger partial charge on any atom is 0.341 e. The molecule has 2 aromatic heterocycles. The summed E-state index contributed by atoms with van der Waals surface area (Å²) in [4.78, 5) is 61.1. The number of rotatable bonds is 5. The number of nitrogens with zero attached hydrogens (tertiary/aromatic N) is 4. The van der Waals surface area contributed by atoms with Crippen LogP contribution in [0.1, 0.15) is 149 Å². The van der Waals surface area contributed by atoms with Crippen molar-refractivity contribution in [2.75, 3.05) is 14.2 Å². The first-order chi connectivity index (χ1) is 24.5. The van der Waals surface area contributed by atoms with Crippen LogP contribution in [0.3, 0.4) is 0 Å². The highest BCUT2D eigenvalue weighted by atomic mass is 35.5.